The molecule has 2 rings (SSSR count). The second-order valence-electron chi connectivity index (χ2n) is 2.72. The van der Waals surface area contributed by atoms with Crippen molar-refractivity contribution in [2.45, 2.75) is 6.17 Å². The molecule has 0 aromatic carbocycles. The minimum Gasteiger partial charge on any atom is -0.310 e. The average molecular weight is 182 g/mol. The van der Waals surface area contributed by atoms with Gasteiger partial charge in [0.1, 0.15) is 0 Å². The van der Waals surface area contributed by atoms with Crippen LogP contribution in [0.2, 0.25) is 0 Å². The first-order valence-electron chi connectivity index (χ1n) is 3.57. The molecule has 0 bridgehead atoms. The van der Waals surface area contributed by atoms with Crippen LogP contribution in [-0.2, 0) is 4.79 Å². The molecule has 0 saturated carbocycles. The summed E-state index contributed by atoms with van der Waals surface area (Å²) in [5.74, 6) is -0.619. The van der Waals surface area contributed by atoms with Crippen LogP contribution in [0.4, 0.5) is 9.59 Å². The van der Waals surface area contributed by atoms with Crippen molar-refractivity contribution in [1.82, 2.24) is 15.5 Å². The maximum atomic E-state index is 11.1. The molecule has 0 radical (unpaired) electrons. The van der Waals surface area contributed by atoms with Gasteiger partial charge in [0.15, 0.2) is 11.9 Å². The van der Waals surface area contributed by atoms with Crippen molar-refractivity contribution in [3.63, 3.8) is 0 Å². The summed E-state index contributed by atoms with van der Waals surface area (Å²) in [6.45, 7) is 0. The molecule has 13 heavy (non-hydrogen) atoms. The normalized spacial score (nSPS) is 26.5. The van der Waals surface area contributed by atoms with Crippen molar-refractivity contribution in [1.29, 1.82) is 0 Å². The number of nitrogens with one attached hydrogen (secondary N) is 2. The smallest absolute Gasteiger partial charge is 0.310 e. The maximum absolute atomic E-state index is 11.1. The van der Waals surface area contributed by atoms with Crippen molar-refractivity contribution in [3.8, 4) is 0 Å². The zero-order valence-corrected chi connectivity index (χ0v) is 6.70. The molecule has 2 aliphatic heterocycles. The van der Waals surface area contributed by atoms with Gasteiger partial charge in [-0.3, -0.25) is 10.1 Å². The second-order valence-corrected chi connectivity index (χ2v) is 2.72. The van der Waals surface area contributed by atoms with Crippen molar-refractivity contribution in [2.24, 2.45) is 4.99 Å². The molecular weight excluding hydrogens is 176 g/mol. The lowest BCUT2D eigenvalue weighted by Crippen LogP contribution is -2.61. The molecule has 5 amide bonds. The fourth-order valence-corrected chi connectivity index (χ4v) is 1.21. The van der Waals surface area contributed by atoms with Crippen LogP contribution in [0.1, 0.15) is 0 Å². The number of amides is 5. The number of fused-ring (bicyclic) bond motifs is 1. The minimum atomic E-state index is -0.714. The molecule has 0 spiro atoms. The quantitative estimate of drug-likeness (QED) is 0.485. The highest BCUT2D eigenvalue weighted by atomic mass is 16.2. The zero-order chi connectivity index (χ0) is 9.59. The molecule has 2 aliphatic rings. The molecule has 68 valence electrons. The highest BCUT2D eigenvalue weighted by Gasteiger charge is 2.41. The monoisotopic (exact) mass is 182 g/mol. The highest BCUT2D eigenvalue weighted by molar-refractivity contribution is 6.47. The molecule has 7 nitrogen and oxygen atoms in total. The van der Waals surface area contributed by atoms with Gasteiger partial charge in [-0.2, -0.15) is 4.99 Å². The average Bonchev–Trinajstić information content (AvgIpc) is 2.44. The van der Waals surface area contributed by atoms with Crippen LogP contribution in [-0.4, -0.2) is 41.8 Å². The van der Waals surface area contributed by atoms with Gasteiger partial charge in [0.05, 0.1) is 0 Å². The van der Waals surface area contributed by atoms with Crippen LogP contribution in [0.15, 0.2) is 4.99 Å². The Morgan fingerprint density at radius 1 is 1.38 bits per heavy atom. The van der Waals surface area contributed by atoms with Crippen LogP contribution in [0.5, 0.6) is 0 Å². The van der Waals surface area contributed by atoms with E-state index in [0.29, 0.717) is 0 Å². The summed E-state index contributed by atoms with van der Waals surface area (Å²) in [6, 6.07) is -1.15. The van der Waals surface area contributed by atoms with Crippen LogP contribution in [0.25, 0.3) is 0 Å². The van der Waals surface area contributed by atoms with Crippen LogP contribution in [0.3, 0.4) is 0 Å². The lowest BCUT2D eigenvalue weighted by Gasteiger charge is -2.28. The summed E-state index contributed by atoms with van der Waals surface area (Å²) >= 11 is 0. The van der Waals surface area contributed by atoms with E-state index in [0.717, 1.165) is 0 Å². The zero-order valence-electron chi connectivity index (χ0n) is 6.70. The fraction of sp³-hybridized carbons (Fsp3) is 0.333. The van der Waals surface area contributed by atoms with Gasteiger partial charge < -0.3 is 10.2 Å². The van der Waals surface area contributed by atoms with E-state index in [1.807, 2.05) is 5.32 Å². The van der Waals surface area contributed by atoms with E-state index < -0.39 is 24.1 Å². The standard InChI is InChI=1S/C6H6N4O3/c1-10-3-2(7-5(12)8-3)4(11)9-6(10)13/h3H,1H3,(H,8,12)(H,9,11,13). The summed E-state index contributed by atoms with van der Waals surface area (Å²) in [6.07, 6.45) is -0.714. The van der Waals surface area contributed by atoms with Gasteiger partial charge in [-0.25, -0.2) is 9.59 Å². The van der Waals surface area contributed by atoms with Crippen LogP contribution in [0, 0.1) is 0 Å². The third-order valence-corrected chi connectivity index (χ3v) is 1.90. The van der Waals surface area contributed by atoms with Crippen LogP contribution >= 0.6 is 0 Å². The van der Waals surface area contributed by atoms with Crippen molar-refractivity contribution in [2.75, 3.05) is 7.05 Å². The number of aliphatic imine (C=N–C) groups is 1. The third-order valence-electron chi connectivity index (χ3n) is 1.90. The first-order valence-corrected chi connectivity index (χ1v) is 3.57. The molecule has 2 heterocycles. The SMILES string of the molecule is CN1C(=O)NC(=O)C2=NC(=O)NC21. The van der Waals surface area contributed by atoms with Gasteiger partial charge in [0, 0.05) is 7.05 Å². The van der Waals surface area contributed by atoms with E-state index in [1.54, 1.807) is 0 Å². The Labute approximate surface area is 72.8 Å². The topological polar surface area (TPSA) is 90.9 Å². The number of hydrogen-bond acceptors (Lipinski definition) is 3. The fourth-order valence-electron chi connectivity index (χ4n) is 1.21. The second kappa shape index (κ2) is 2.28. The number of nitrogens with zero attached hydrogens (tertiary/aromatic N) is 2. The van der Waals surface area contributed by atoms with Crippen molar-refractivity contribution < 1.29 is 14.4 Å². The Morgan fingerprint density at radius 3 is 2.77 bits per heavy atom. The lowest BCUT2D eigenvalue weighted by atomic mass is 10.2. The molecule has 7 heteroatoms. The number of carbonyl (C=O) groups is 3. The lowest BCUT2D eigenvalue weighted by molar-refractivity contribution is -0.114. The molecule has 0 aliphatic carbocycles. The van der Waals surface area contributed by atoms with E-state index in [2.05, 4.69) is 10.3 Å². The molecule has 0 aromatic rings. The Kier molecular flexibility index (Phi) is 1.35. The summed E-state index contributed by atoms with van der Waals surface area (Å²) in [7, 11) is 1.47. The van der Waals surface area contributed by atoms with E-state index in [4.69, 9.17) is 0 Å². The van der Waals surface area contributed by atoms with Gasteiger partial charge in [0.2, 0.25) is 0 Å². The molecule has 1 fully saturated rings. The third kappa shape index (κ3) is 0.968. The van der Waals surface area contributed by atoms with Gasteiger partial charge in [-0.15, -0.1) is 0 Å². The Morgan fingerprint density at radius 2 is 2.08 bits per heavy atom. The van der Waals surface area contributed by atoms with Gasteiger partial charge >= 0.3 is 12.1 Å². The summed E-state index contributed by atoms with van der Waals surface area (Å²) in [5, 5.41) is 4.41. The minimum absolute atomic E-state index is 0.0344. The van der Waals surface area contributed by atoms with Gasteiger partial charge in [-0.05, 0) is 0 Å². The molecular formula is C6H6N4O3. The van der Waals surface area contributed by atoms with Gasteiger partial charge in [-0.1, -0.05) is 0 Å². The van der Waals surface area contributed by atoms with Crippen LogP contribution < -0.4 is 10.6 Å². The Bertz CT molecular complexity index is 348. The largest absolute Gasteiger partial charge is 0.343 e. The molecule has 1 atom stereocenters. The van der Waals surface area contributed by atoms with Crippen molar-refractivity contribution in [3.05, 3.63) is 0 Å². The summed E-state index contributed by atoms with van der Waals surface area (Å²) < 4.78 is 0. The Hall–Kier alpha value is -1.92. The predicted octanol–water partition coefficient (Wildman–Crippen LogP) is -1.34. The first-order chi connectivity index (χ1) is 6.09. The van der Waals surface area contributed by atoms with E-state index in [1.165, 1.54) is 11.9 Å². The first kappa shape index (κ1) is 7.71. The number of carbonyl (C=O) groups excluding carboxylic acids is 3. The Balaban J connectivity index is 2.38. The van der Waals surface area contributed by atoms with E-state index >= 15 is 0 Å². The van der Waals surface area contributed by atoms with Gasteiger partial charge in [0.25, 0.3) is 5.91 Å². The number of urea groups is 2. The summed E-state index contributed by atoms with van der Waals surface area (Å²) in [5.41, 5.74) is 0.0344. The molecule has 1 unspecified atom stereocenters. The molecule has 2 N–H and O–H groups in total. The highest BCUT2D eigenvalue weighted by Crippen LogP contribution is 2.09. The molecule has 0 aromatic heterocycles. The number of rotatable bonds is 0. The predicted molar refractivity (Wildman–Crippen MR) is 41.1 cm³/mol. The number of imide groups is 1. The maximum Gasteiger partial charge on any atom is 0.343 e. The van der Waals surface area contributed by atoms with E-state index in [9.17, 15) is 14.4 Å². The van der Waals surface area contributed by atoms with E-state index in [-0.39, 0.29) is 5.71 Å². The number of hydrogen-bond donors (Lipinski definition) is 2. The van der Waals surface area contributed by atoms with Crippen molar-refractivity contribution >= 4 is 23.7 Å². The summed E-state index contributed by atoms with van der Waals surface area (Å²) in [4.78, 5) is 37.6. The molecule has 1 saturated heterocycles.